The molecule has 1 aromatic heterocycles. The van der Waals surface area contributed by atoms with E-state index in [1.165, 1.54) is 11.8 Å². The molecule has 0 radical (unpaired) electrons. The van der Waals surface area contributed by atoms with E-state index in [1.54, 1.807) is 12.1 Å². The summed E-state index contributed by atoms with van der Waals surface area (Å²) in [6.07, 6.45) is 2.31. The van der Waals surface area contributed by atoms with Crippen LogP contribution in [0.5, 0.6) is 0 Å². The van der Waals surface area contributed by atoms with Crippen LogP contribution in [0.1, 0.15) is 17.5 Å². The molecule has 0 amide bonds. The van der Waals surface area contributed by atoms with Crippen LogP contribution >= 0.6 is 0 Å². The van der Waals surface area contributed by atoms with Gasteiger partial charge in [0.05, 0.1) is 0 Å². The standard InChI is InChI=1S/C15H15NO3/c17-14-13(10-5-11-16(14)15(18)19)9-4-8-12-6-2-1-3-7-12/h1-3,5-7,10-11H,4,8-9H2,(H,18,19). The van der Waals surface area contributed by atoms with Crippen LogP contribution in [0.3, 0.4) is 0 Å². The van der Waals surface area contributed by atoms with E-state index in [2.05, 4.69) is 0 Å². The van der Waals surface area contributed by atoms with Gasteiger partial charge in [-0.3, -0.25) is 4.79 Å². The third kappa shape index (κ3) is 3.31. The quantitative estimate of drug-likeness (QED) is 0.915. The largest absolute Gasteiger partial charge is 0.464 e. The van der Waals surface area contributed by atoms with E-state index in [4.69, 9.17) is 5.11 Å². The minimum atomic E-state index is -1.24. The molecule has 0 aliphatic heterocycles. The normalized spacial score (nSPS) is 10.3. The summed E-state index contributed by atoms with van der Waals surface area (Å²) in [6, 6.07) is 13.3. The number of hydrogen-bond donors (Lipinski definition) is 1. The number of hydrogen-bond acceptors (Lipinski definition) is 2. The molecule has 1 aromatic carbocycles. The smallest absolute Gasteiger partial charge is 0.418 e. The lowest BCUT2D eigenvalue weighted by atomic mass is 10.1. The molecule has 2 rings (SSSR count). The molecule has 0 bridgehead atoms. The van der Waals surface area contributed by atoms with Gasteiger partial charge in [-0.1, -0.05) is 36.4 Å². The van der Waals surface area contributed by atoms with Gasteiger partial charge in [-0.15, -0.1) is 0 Å². The van der Waals surface area contributed by atoms with E-state index in [0.717, 1.165) is 17.4 Å². The average molecular weight is 257 g/mol. The molecule has 0 aliphatic rings. The number of nitrogens with zero attached hydrogens (tertiary/aromatic N) is 1. The van der Waals surface area contributed by atoms with E-state index in [9.17, 15) is 9.59 Å². The maximum absolute atomic E-state index is 11.8. The maximum Gasteiger partial charge on any atom is 0.418 e. The lowest BCUT2D eigenvalue weighted by molar-refractivity contribution is 0.195. The summed E-state index contributed by atoms with van der Waals surface area (Å²) < 4.78 is 0.720. The zero-order valence-electron chi connectivity index (χ0n) is 10.5. The second kappa shape index (κ2) is 6.00. The molecule has 0 saturated heterocycles. The predicted molar refractivity (Wildman–Crippen MR) is 72.6 cm³/mol. The van der Waals surface area contributed by atoms with Gasteiger partial charge in [0.2, 0.25) is 0 Å². The second-order valence-electron chi connectivity index (χ2n) is 4.33. The van der Waals surface area contributed by atoms with Crippen LogP contribution in [-0.2, 0) is 12.8 Å². The third-order valence-electron chi connectivity index (χ3n) is 2.99. The molecule has 98 valence electrons. The number of carboxylic acid groups (broad SMARTS) is 1. The van der Waals surface area contributed by atoms with Gasteiger partial charge in [0.25, 0.3) is 5.56 Å². The number of aryl methyl sites for hydroxylation is 2. The molecular weight excluding hydrogens is 242 g/mol. The Labute approximate surface area is 110 Å². The van der Waals surface area contributed by atoms with Crippen molar-refractivity contribution in [3.05, 3.63) is 70.1 Å². The number of aromatic nitrogens is 1. The molecular formula is C15H15NO3. The maximum atomic E-state index is 11.8. The molecule has 0 saturated carbocycles. The number of carbonyl (C=O) groups is 1. The SMILES string of the molecule is O=C(O)n1cccc(CCCc2ccccc2)c1=O. The van der Waals surface area contributed by atoms with Crippen molar-refractivity contribution in [3.8, 4) is 0 Å². The fraction of sp³-hybridized carbons (Fsp3) is 0.200. The van der Waals surface area contributed by atoms with Gasteiger partial charge < -0.3 is 5.11 Å². The zero-order chi connectivity index (χ0) is 13.7. The van der Waals surface area contributed by atoms with E-state index in [-0.39, 0.29) is 0 Å². The molecule has 0 unspecified atom stereocenters. The minimum Gasteiger partial charge on any atom is -0.464 e. The molecule has 0 spiro atoms. The van der Waals surface area contributed by atoms with Crippen LogP contribution in [0, 0.1) is 0 Å². The Balaban J connectivity index is 2.03. The average Bonchev–Trinajstić information content (AvgIpc) is 2.41. The van der Waals surface area contributed by atoms with Crippen molar-refractivity contribution in [2.75, 3.05) is 0 Å². The van der Waals surface area contributed by atoms with Crippen molar-refractivity contribution in [3.63, 3.8) is 0 Å². The monoisotopic (exact) mass is 257 g/mol. The van der Waals surface area contributed by atoms with Crippen LogP contribution < -0.4 is 5.56 Å². The second-order valence-corrected chi connectivity index (χ2v) is 4.33. The Bertz CT molecular complexity index is 617. The summed E-state index contributed by atoms with van der Waals surface area (Å²) in [5.41, 5.74) is 1.32. The number of pyridine rings is 1. The van der Waals surface area contributed by atoms with Gasteiger partial charge >= 0.3 is 6.09 Å². The van der Waals surface area contributed by atoms with Gasteiger partial charge in [-0.2, -0.15) is 0 Å². The molecule has 0 aliphatic carbocycles. The van der Waals surface area contributed by atoms with Crippen LogP contribution in [0.15, 0.2) is 53.5 Å². The van der Waals surface area contributed by atoms with E-state index in [0.29, 0.717) is 12.0 Å². The molecule has 1 heterocycles. The van der Waals surface area contributed by atoms with Gasteiger partial charge in [-0.05, 0) is 30.9 Å². The topological polar surface area (TPSA) is 59.3 Å². The zero-order valence-corrected chi connectivity index (χ0v) is 10.5. The Kier molecular flexibility index (Phi) is 4.13. The fourth-order valence-corrected chi connectivity index (χ4v) is 2.01. The van der Waals surface area contributed by atoms with Crippen LogP contribution in [0.4, 0.5) is 4.79 Å². The Morgan fingerprint density at radius 1 is 1.05 bits per heavy atom. The summed E-state index contributed by atoms with van der Waals surface area (Å²) in [7, 11) is 0. The molecule has 4 heteroatoms. The van der Waals surface area contributed by atoms with Crippen molar-refractivity contribution in [2.45, 2.75) is 19.3 Å². The van der Waals surface area contributed by atoms with Gasteiger partial charge in [0, 0.05) is 11.8 Å². The molecule has 0 fully saturated rings. The highest BCUT2D eigenvalue weighted by atomic mass is 16.4. The predicted octanol–water partition coefficient (Wildman–Crippen LogP) is 2.55. The molecule has 19 heavy (non-hydrogen) atoms. The first kappa shape index (κ1) is 13.1. The van der Waals surface area contributed by atoms with Gasteiger partial charge in [0.15, 0.2) is 0 Å². The number of benzene rings is 1. The third-order valence-corrected chi connectivity index (χ3v) is 2.99. The van der Waals surface area contributed by atoms with Gasteiger partial charge in [-0.25, -0.2) is 9.36 Å². The molecule has 1 N–H and O–H groups in total. The summed E-state index contributed by atoms with van der Waals surface area (Å²) in [5.74, 6) is 0. The first-order chi connectivity index (χ1) is 9.18. The first-order valence-electron chi connectivity index (χ1n) is 6.16. The van der Waals surface area contributed by atoms with E-state index < -0.39 is 11.7 Å². The number of rotatable bonds is 4. The van der Waals surface area contributed by atoms with Crippen molar-refractivity contribution >= 4 is 6.09 Å². The summed E-state index contributed by atoms with van der Waals surface area (Å²) in [4.78, 5) is 22.7. The molecule has 4 nitrogen and oxygen atoms in total. The highest BCUT2D eigenvalue weighted by molar-refractivity contribution is 5.67. The summed E-state index contributed by atoms with van der Waals surface area (Å²) >= 11 is 0. The molecule has 2 aromatic rings. The highest BCUT2D eigenvalue weighted by Gasteiger charge is 2.07. The summed E-state index contributed by atoms with van der Waals surface area (Å²) in [5, 5.41) is 8.86. The molecule has 0 atom stereocenters. The Hall–Kier alpha value is -2.36. The minimum absolute atomic E-state index is 0.442. The van der Waals surface area contributed by atoms with Crippen molar-refractivity contribution in [2.24, 2.45) is 0 Å². The van der Waals surface area contributed by atoms with Crippen LogP contribution in [0.25, 0.3) is 0 Å². The van der Waals surface area contributed by atoms with Crippen molar-refractivity contribution in [1.29, 1.82) is 0 Å². The first-order valence-corrected chi connectivity index (χ1v) is 6.16. The highest BCUT2D eigenvalue weighted by Crippen LogP contribution is 2.05. The van der Waals surface area contributed by atoms with Crippen LogP contribution in [0.2, 0.25) is 0 Å². The lowest BCUT2D eigenvalue weighted by Gasteiger charge is -2.04. The summed E-state index contributed by atoms with van der Waals surface area (Å²) in [6.45, 7) is 0. The van der Waals surface area contributed by atoms with Gasteiger partial charge in [0.1, 0.15) is 0 Å². The Morgan fingerprint density at radius 2 is 1.79 bits per heavy atom. The fourth-order valence-electron chi connectivity index (χ4n) is 2.01. The Morgan fingerprint density at radius 3 is 2.47 bits per heavy atom. The van der Waals surface area contributed by atoms with E-state index >= 15 is 0 Å². The van der Waals surface area contributed by atoms with Crippen molar-refractivity contribution < 1.29 is 9.90 Å². The van der Waals surface area contributed by atoms with Crippen LogP contribution in [-0.4, -0.2) is 15.8 Å². The van der Waals surface area contributed by atoms with Crippen molar-refractivity contribution in [1.82, 2.24) is 4.57 Å². The lowest BCUT2D eigenvalue weighted by Crippen LogP contribution is -2.27. The van der Waals surface area contributed by atoms with E-state index in [1.807, 2.05) is 30.3 Å².